The SMILES string of the molecule is CCCCCCNc1ccc(C(=O)OCC)c(C(=O)O)c1. The molecule has 1 aromatic carbocycles. The first-order valence-electron chi connectivity index (χ1n) is 7.38. The van der Waals surface area contributed by atoms with Crippen LogP contribution in [0.15, 0.2) is 18.2 Å². The van der Waals surface area contributed by atoms with Gasteiger partial charge in [-0.15, -0.1) is 0 Å². The van der Waals surface area contributed by atoms with Crippen molar-refractivity contribution in [3.8, 4) is 0 Å². The smallest absolute Gasteiger partial charge is 0.338 e. The quantitative estimate of drug-likeness (QED) is 0.538. The number of anilines is 1. The predicted octanol–water partition coefficient (Wildman–Crippen LogP) is 3.55. The number of unbranched alkanes of at least 4 members (excludes halogenated alkanes) is 3. The highest BCUT2D eigenvalue weighted by molar-refractivity contribution is 6.03. The fraction of sp³-hybridized carbons (Fsp3) is 0.500. The van der Waals surface area contributed by atoms with Crippen LogP contribution in [0, 0.1) is 0 Å². The third kappa shape index (κ3) is 5.45. The summed E-state index contributed by atoms with van der Waals surface area (Å²) in [5, 5.41) is 12.4. The predicted molar refractivity (Wildman–Crippen MR) is 82.0 cm³/mol. The molecule has 1 rings (SSSR count). The van der Waals surface area contributed by atoms with Gasteiger partial charge in [0.05, 0.1) is 17.7 Å². The van der Waals surface area contributed by atoms with Gasteiger partial charge in [0.25, 0.3) is 0 Å². The molecule has 0 saturated heterocycles. The second kappa shape index (κ2) is 9.00. The Bertz CT molecular complexity index is 485. The summed E-state index contributed by atoms with van der Waals surface area (Å²) in [5.74, 6) is -1.74. The molecule has 0 aliphatic rings. The standard InChI is InChI=1S/C16H23NO4/c1-3-5-6-7-10-17-12-8-9-13(16(20)21-4-2)14(11-12)15(18)19/h8-9,11,17H,3-7,10H2,1-2H3,(H,18,19). The van der Waals surface area contributed by atoms with Crippen molar-refractivity contribution in [3.05, 3.63) is 29.3 Å². The maximum absolute atomic E-state index is 11.7. The number of esters is 1. The van der Waals surface area contributed by atoms with Gasteiger partial charge in [-0.3, -0.25) is 0 Å². The van der Waals surface area contributed by atoms with Gasteiger partial charge in [0.15, 0.2) is 0 Å². The van der Waals surface area contributed by atoms with Crippen LogP contribution < -0.4 is 5.32 Å². The minimum Gasteiger partial charge on any atom is -0.478 e. The summed E-state index contributed by atoms with van der Waals surface area (Å²) in [6, 6.07) is 4.68. The Kier molecular flexibility index (Phi) is 7.29. The van der Waals surface area contributed by atoms with Crippen molar-refractivity contribution in [2.75, 3.05) is 18.5 Å². The third-order valence-corrected chi connectivity index (χ3v) is 3.10. The average Bonchev–Trinajstić information content (AvgIpc) is 2.47. The molecule has 0 radical (unpaired) electrons. The first kappa shape index (κ1) is 17.0. The number of hydrogen-bond acceptors (Lipinski definition) is 4. The van der Waals surface area contributed by atoms with Crippen LogP contribution in [-0.4, -0.2) is 30.2 Å². The summed E-state index contributed by atoms with van der Waals surface area (Å²) in [6.07, 6.45) is 4.56. The van der Waals surface area contributed by atoms with Crippen LogP contribution in [0.3, 0.4) is 0 Å². The average molecular weight is 293 g/mol. The number of benzene rings is 1. The summed E-state index contributed by atoms with van der Waals surface area (Å²) in [7, 11) is 0. The Hall–Kier alpha value is -2.04. The van der Waals surface area contributed by atoms with Crippen LogP contribution in [0.25, 0.3) is 0 Å². The molecule has 0 atom stereocenters. The van der Waals surface area contributed by atoms with Gasteiger partial charge in [-0.05, 0) is 31.5 Å². The van der Waals surface area contributed by atoms with Crippen molar-refractivity contribution in [3.63, 3.8) is 0 Å². The molecule has 0 aliphatic carbocycles. The molecule has 0 bridgehead atoms. The maximum Gasteiger partial charge on any atom is 0.338 e. The summed E-state index contributed by atoms with van der Waals surface area (Å²) >= 11 is 0. The van der Waals surface area contributed by atoms with Crippen molar-refractivity contribution in [2.45, 2.75) is 39.5 Å². The highest BCUT2D eigenvalue weighted by atomic mass is 16.5. The third-order valence-electron chi connectivity index (χ3n) is 3.10. The molecule has 0 aromatic heterocycles. The van der Waals surface area contributed by atoms with E-state index in [2.05, 4.69) is 12.2 Å². The minimum atomic E-state index is -1.13. The topological polar surface area (TPSA) is 75.6 Å². The van der Waals surface area contributed by atoms with E-state index in [4.69, 9.17) is 4.74 Å². The number of carbonyl (C=O) groups excluding carboxylic acids is 1. The van der Waals surface area contributed by atoms with Crippen LogP contribution in [0.1, 0.15) is 60.2 Å². The van der Waals surface area contributed by atoms with E-state index in [1.54, 1.807) is 13.0 Å². The Morgan fingerprint density at radius 2 is 1.90 bits per heavy atom. The Morgan fingerprint density at radius 1 is 1.14 bits per heavy atom. The fourth-order valence-corrected chi connectivity index (χ4v) is 2.00. The lowest BCUT2D eigenvalue weighted by Crippen LogP contribution is -2.12. The Labute approximate surface area is 125 Å². The lowest BCUT2D eigenvalue weighted by atomic mass is 10.1. The van der Waals surface area contributed by atoms with E-state index in [1.165, 1.54) is 25.0 Å². The normalized spacial score (nSPS) is 10.2. The first-order valence-corrected chi connectivity index (χ1v) is 7.38. The van der Waals surface area contributed by atoms with Crippen molar-refractivity contribution >= 4 is 17.6 Å². The molecule has 0 fully saturated rings. The van der Waals surface area contributed by atoms with Crippen molar-refractivity contribution < 1.29 is 19.4 Å². The van der Waals surface area contributed by atoms with E-state index >= 15 is 0 Å². The molecular formula is C16H23NO4. The summed E-state index contributed by atoms with van der Waals surface area (Å²) in [4.78, 5) is 23.0. The molecule has 0 saturated carbocycles. The number of carbonyl (C=O) groups is 2. The van der Waals surface area contributed by atoms with Crippen LogP contribution in [0.4, 0.5) is 5.69 Å². The molecule has 21 heavy (non-hydrogen) atoms. The van der Waals surface area contributed by atoms with Crippen LogP contribution >= 0.6 is 0 Å². The monoisotopic (exact) mass is 293 g/mol. The van der Waals surface area contributed by atoms with Crippen molar-refractivity contribution in [1.29, 1.82) is 0 Å². The van der Waals surface area contributed by atoms with Gasteiger partial charge >= 0.3 is 11.9 Å². The molecule has 0 amide bonds. The van der Waals surface area contributed by atoms with E-state index in [-0.39, 0.29) is 17.7 Å². The molecule has 0 heterocycles. The fourth-order valence-electron chi connectivity index (χ4n) is 2.00. The summed E-state index contributed by atoms with van der Waals surface area (Å²) in [6.45, 7) is 4.85. The van der Waals surface area contributed by atoms with Gasteiger partial charge in [0.1, 0.15) is 0 Å². The summed E-state index contributed by atoms with van der Waals surface area (Å²) in [5.41, 5.74) is 0.754. The lowest BCUT2D eigenvalue weighted by molar-refractivity contribution is 0.0514. The number of aromatic carboxylic acids is 1. The molecule has 5 heteroatoms. The number of nitrogens with one attached hydrogen (secondary N) is 1. The molecule has 0 unspecified atom stereocenters. The first-order chi connectivity index (χ1) is 10.1. The van der Waals surface area contributed by atoms with Gasteiger partial charge in [0, 0.05) is 12.2 Å². The number of carboxylic acid groups (broad SMARTS) is 1. The highest BCUT2D eigenvalue weighted by Crippen LogP contribution is 2.17. The van der Waals surface area contributed by atoms with E-state index in [1.807, 2.05) is 0 Å². The zero-order valence-corrected chi connectivity index (χ0v) is 12.6. The maximum atomic E-state index is 11.7. The van der Waals surface area contributed by atoms with E-state index in [9.17, 15) is 14.7 Å². The van der Waals surface area contributed by atoms with Crippen molar-refractivity contribution in [1.82, 2.24) is 0 Å². The second-order valence-electron chi connectivity index (χ2n) is 4.77. The van der Waals surface area contributed by atoms with Gasteiger partial charge in [-0.25, -0.2) is 9.59 Å². The zero-order valence-electron chi connectivity index (χ0n) is 12.6. The Morgan fingerprint density at radius 3 is 2.52 bits per heavy atom. The molecule has 0 aliphatic heterocycles. The highest BCUT2D eigenvalue weighted by Gasteiger charge is 2.18. The molecule has 1 aromatic rings. The molecule has 116 valence electrons. The van der Waals surface area contributed by atoms with E-state index in [0.29, 0.717) is 5.69 Å². The second-order valence-corrected chi connectivity index (χ2v) is 4.77. The Balaban J connectivity index is 2.74. The number of ether oxygens (including phenoxy) is 1. The number of hydrogen-bond donors (Lipinski definition) is 2. The van der Waals surface area contributed by atoms with Crippen LogP contribution in [0.5, 0.6) is 0 Å². The summed E-state index contributed by atoms with van der Waals surface area (Å²) < 4.78 is 4.86. The molecule has 0 spiro atoms. The minimum absolute atomic E-state index is 0.0352. The number of carboxylic acids is 1. The molecule has 5 nitrogen and oxygen atoms in total. The lowest BCUT2D eigenvalue weighted by Gasteiger charge is -2.10. The zero-order chi connectivity index (χ0) is 15.7. The number of rotatable bonds is 9. The van der Waals surface area contributed by atoms with Gasteiger partial charge < -0.3 is 15.2 Å². The molecule has 2 N–H and O–H groups in total. The van der Waals surface area contributed by atoms with Crippen molar-refractivity contribution in [2.24, 2.45) is 0 Å². The molecular weight excluding hydrogens is 270 g/mol. The largest absolute Gasteiger partial charge is 0.478 e. The van der Waals surface area contributed by atoms with Gasteiger partial charge in [0.2, 0.25) is 0 Å². The van der Waals surface area contributed by atoms with Crippen LogP contribution in [-0.2, 0) is 4.74 Å². The van der Waals surface area contributed by atoms with Gasteiger partial charge in [-0.1, -0.05) is 26.2 Å². The van der Waals surface area contributed by atoms with Crippen LogP contribution in [0.2, 0.25) is 0 Å². The van der Waals surface area contributed by atoms with Gasteiger partial charge in [-0.2, -0.15) is 0 Å². The van der Waals surface area contributed by atoms with E-state index < -0.39 is 11.9 Å². The van der Waals surface area contributed by atoms with E-state index in [0.717, 1.165) is 19.4 Å².